The molecule has 1 unspecified atom stereocenters. The first-order valence-electron chi connectivity index (χ1n) is 6.19. The molecular formula is C14H18BrNO2. The van der Waals surface area contributed by atoms with Crippen molar-refractivity contribution in [2.75, 3.05) is 0 Å². The molecule has 2 rings (SSSR count). The van der Waals surface area contributed by atoms with E-state index in [4.69, 9.17) is 0 Å². The van der Waals surface area contributed by atoms with Gasteiger partial charge in [-0.05, 0) is 52.4 Å². The Morgan fingerprint density at radius 2 is 2.22 bits per heavy atom. The SMILES string of the molecule is CC1(C)CCCC1NC(=O)c1ccc(Br)c(O)c1. The van der Waals surface area contributed by atoms with Gasteiger partial charge in [-0.1, -0.05) is 20.3 Å². The van der Waals surface area contributed by atoms with Crippen LogP contribution in [0.5, 0.6) is 5.75 Å². The Bertz CT molecular complexity index is 471. The molecule has 1 saturated carbocycles. The molecule has 1 aliphatic carbocycles. The molecule has 0 spiro atoms. The van der Waals surface area contributed by atoms with E-state index in [1.54, 1.807) is 12.1 Å². The summed E-state index contributed by atoms with van der Waals surface area (Å²) in [6.07, 6.45) is 3.33. The van der Waals surface area contributed by atoms with E-state index in [9.17, 15) is 9.90 Å². The number of amides is 1. The van der Waals surface area contributed by atoms with Crippen LogP contribution < -0.4 is 5.32 Å². The van der Waals surface area contributed by atoms with Gasteiger partial charge in [-0.2, -0.15) is 0 Å². The number of rotatable bonds is 2. The van der Waals surface area contributed by atoms with Gasteiger partial charge in [0.15, 0.2) is 0 Å². The molecule has 2 N–H and O–H groups in total. The summed E-state index contributed by atoms with van der Waals surface area (Å²) in [6.45, 7) is 4.37. The molecule has 0 saturated heterocycles. The van der Waals surface area contributed by atoms with Gasteiger partial charge >= 0.3 is 0 Å². The molecule has 0 radical (unpaired) electrons. The fourth-order valence-corrected chi connectivity index (χ4v) is 2.74. The summed E-state index contributed by atoms with van der Waals surface area (Å²) < 4.78 is 0.597. The molecule has 0 aliphatic heterocycles. The number of nitrogens with one attached hydrogen (secondary N) is 1. The highest BCUT2D eigenvalue weighted by Gasteiger charge is 2.35. The Balaban J connectivity index is 2.10. The van der Waals surface area contributed by atoms with Crippen LogP contribution >= 0.6 is 15.9 Å². The van der Waals surface area contributed by atoms with Crippen LogP contribution in [-0.4, -0.2) is 17.1 Å². The highest BCUT2D eigenvalue weighted by Crippen LogP contribution is 2.37. The van der Waals surface area contributed by atoms with Crippen molar-refractivity contribution in [1.82, 2.24) is 5.32 Å². The van der Waals surface area contributed by atoms with Gasteiger partial charge in [0.25, 0.3) is 5.91 Å². The van der Waals surface area contributed by atoms with Crippen LogP contribution in [0.15, 0.2) is 22.7 Å². The van der Waals surface area contributed by atoms with Crippen LogP contribution in [0.3, 0.4) is 0 Å². The molecule has 3 nitrogen and oxygen atoms in total. The quantitative estimate of drug-likeness (QED) is 0.878. The summed E-state index contributed by atoms with van der Waals surface area (Å²) in [4.78, 5) is 12.1. The van der Waals surface area contributed by atoms with Gasteiger partial charge in [-0.25, -0.2) is 0 Å². The van der Waals surface area contributed by atoms with Crippen LogP contribution in [0.25, 0.3) is 0 Å². The van der Waals surface area contributed by atoms with Crippen LogP contribution in [0.1, 0.15) is 43.5 Å². The number of phenols is 1. The third-order valence-electron chi connectivity index (χ3n) is 3.77. The highest BCUT2D eigenvalue weighted by atomic mass is 79.9. The minimum atomic E-state index is -0.113. The molecule has 0 aromatic heterocycles. The largest absolute Gasteiger partial charge is 0.507 e. The van der Waals surface area contributed by atoms with Crippen LogP contribution in [0.2, 0.25) is 0 Å². The van der Waals surface area contributed by atoms with Crippen molar-refractivity contribution >= 4 is 21.8 Å². The first-order valence-corrected chi connectivity index (χ1v) is 6.99. The molecule has 1 aromatic rings. The monoisotopic (exact) mass is 311 g/mol. The maximum atomic E-state index is 12.1. The van der Waals surface area contributed by atoms with E-state index in [-0.39, 0.29) is 23.1 Å². The highest BCUT2D eigenvalue weighted by molar-refractivity contribution is 9.10. The predicted molar refractivity (Wildman–Crippen MR) is 74.7 cm³/mol. The second-order valence-electron chi connectivity index (χ2n) is 5.57. The zero-order valence-corrected chi connectivity index (χ0v) is 12.3. The predicted octanol–water partition coefficient (Wildman–Crippen LogP) is 3.46. The van der Waals surface area contributed by atoms with E-state index in [1.807, 2.05) is 0 Å². The smallest absolute Gasteiger partial charge is 0.251 e. The molecule has 1 fully saturated rings. The van der Waals surface area contributed by atoms with Gasteiger partial charge in [-0.3, -0.25) is 4.79 Å². The zero-order chi connectivity index (χ0) is 13.3. The topological polar surface area (TPSA) is 49.3 Å². The molecule has 0 heterocycles. The lowest BCUT2D eigenvalue weighted by Crippen LogP contribution is -2.41. The minimum Gasteiger partial charge on any atom is -0.507 e. The number of hydrogen-bond acceptors (Lipinski definition) is 2. The zero-order valence-electron chi connectivity index (χ0n) is 10.7. The molecule has 4 heteroatoms. The average Bonchev–Trinajstić information content (AvgIpc) is 2.62. The molecule has 1 amide bonds. The minimum absolute atomic E-state index is 0.0910. The van der Waals surface area contributed by atoms with E-state index < -0.39 is 0 Å². The Kier molecular flexibility index (Phi) is 3.66. The fraction of sp³-hybridized carbons (Fsp3) is 0.500. The Labute approximate surface area is 116 Å². The number of hydrogen-bond donors (Lipinski definition) is 2. The molecule has 1 atom stereocenters. The third-order valence-corrected chi connectivity index (χ3v) is 4.44. The first kappa shape index (κ1) is 13.4. The van der Waals surface area contributed by atoms with Crippen molar-refractivity contribution < 1.29 is 9.90 Å². The number of benzene rings is 1. The maximum Gasteiger partial charge on any atom is 0.251 e. The van der Waals surface area contributed by atoms with Gasteiger partial charge in [0.1, 0.15) is 5.75 Å². The lowest BCUT2D eigenvalue weighted by Gasteiger charge is -2.27. The number of phenolic OH excluding ortho intramolecular Hbond substituents is 1. The van der Waals surface area contributed by atoms with Crippen LogP contribution in [-0.2, 0) is 0 Å². The standard InChI is InChI=1S/C14H18BrNO2/c1-14(2)7-3-4-12(14)16-13(18)9-5-6-10(15)11(17)8-9/h5-6,8,12,17H,3-4,7H2,1-2H3,(H,16,18). The maximum absolute atomic E-state index is 12.1. The van der Waals surface area contributed by atoms with E-state index in [0.29, 0.717) is 10.0 Å². The summed E-state index contributed by atoms with van der Waals surface area (Å²) in [5, 5.41) is 12.7. The molecule has 18 heavy (non-hydrogen) atoms. The van der Waals surface area contributed by atoms with Crippen LogP contribution in [0, 0.1) is 5.41 Å². The number of halogens is 1. The average molecular weight is 312 g/mol. The summed E-state index contributed by atoms with van der Waals surface area (Å²) in [5.74, 6) is -0.0221. The second-order valence-corrected chi connectivity index (χ2v) is 6.43. The first-order chi connectivity index (χ1) is 8.40. The van der Waals surface area contributed by atoms with E-state index >= 15 is 0 Å². The lowest BCUT2D eigenvalue weighted by molar-refractivity contribution is 0.0909. The number of aromatic hydroxyl groups is 1. The van der Waals surface area contributed by atoms with Crippen molar-refractivity contribution in [3.8, 4) is 5.75 Å². The number of carbonyl (C=O) groups is 1. The summed E-state index contributed by atoms with van der Waals surface area (Å²) in [5.41, 5.74) is 0.658. The summed E-state index contributed by atoms with van der Waals surface area (Å²) in [6, 6.07) is 5.10. The molecule has 1 aromatic carbocycles. The van der Waals surface area contributed by atoms with Gasteiger partial charge in [0.2, 0.25) is 0 Å². The second kappa shape index (κ2) is 4.92. The van der Waals surface area contributed by atoms with Gasteiger partial charge in [-0.15, -0.1) is 0 Å². The van der Waals surface area contributed by atoms with Gasteiger partial charge in [0, 0.05) is 11.6 Å². The van der Waals surface area contributed by atoms with E-state index in [1.165, 1.54) is 6.07 Å². The van der Waals surface area contributed by atoms with E-state index in [0.717, 1.165) is 19.3 Å². The number of carbonyl (C=O) groups excluding carboxylic acids is 1. The molecule has 98 valence electrons. The van der Waals surface area contributed by atoms with Crippen molar-refractivity contribution in [1.29, 1.82) is 0 Å². The van der Waals surface area contributed by atoms with Crippen molar-refractivity contribution in [3.05, 3.63) is 28.2 Å². The van der Waals surface area contributed by atoms with Crippen LogP contribution in [0.4, 0.5) is 0 Å². The van der Waals surface area contributed by atoms with Crippen molar-refractivity contribution in [3.63, 3.8) is 0 Å². The summed E-state index contributed by atoms with van der Waals surface area (Å²) >= 11 is 3.20. The van der Waals surface area contributed by atoms with E-state index in [2.05, 4.69) is 35.1 Å². The summed E-state index contributed by atoms with van der Waals surface area (Å²) in [7, 11) is 0. The van der Waals surface area contributed by atoms with Gasteiger partial charge < -0.3 is 10.4 Å². The normalized spacial score (nSPS) is 21.8. The molecule has 1 aliphatic rings. The van der Waals surface area contributed by atoms with Crippen molar-refractivity contribution in [2.45, 2.75) is 39.2 Å². The third kappa shape index (κ3) is 2.69. The Morgan fingerprint density at radius 3 is 2.78 bits per heavy atom. The Hall–Kier alpha value is -1.03. The Morgan fingerprint density at radius 1 is 1.50 bits per heavy atom. The molecule has 0 bridgehead atoms. The lowest BCUT2D eigenvalue weighted by atomic mass is 9.87. The molecular weight excluding hydrogens is 294 g/mol. The fourth-order valence-electron chi connectivity index (χ4n) is 2.49. The van der Waals surface area contributed by atoms with Gasteiger partial charge in [0.05, 0.1) is 4.47 Å². The van der Waals surface area contributed by atoms with Crippen molar-refractivity contribution in [2.24, 2.45) is 5.41 Å².